The third kappa shape index (κ3) is 1.91. The maximum absolute atomic E-state index is 6.09. The second-order valence-electron chi connectivity index (χ2n) is 4.89. The van der Waals surface area contributed by atoms with Crippen LogP contribution in [0.25, 0.3) is 16.6 Å². The van der Waals surface area contributed by atoms with Gasteiger partial charge in [-0.25, -0.2) is 0 Å². The fourth-order valence-corrected chi connectivity index (χ4v) is 2.20. The van der Waals surface area contributed by atoms with Crippen LogP contribution in [-0.2, 0) is 0 Å². The molecule has 1 aliphatic carbocycles. The molecule has 2 aromatic rings. The molecule has 1 aliphatic rings. The number of para-hydroxylation sites is 1. The second kappa shape index (κ2) is 4.00. The highest BCUT2D eigenvalue weighted by atomic mass is 15.0. The smallest absolute Gasteiger partial charge is 0.0528 e. The number of allylic oxidation sites excluding steroid dienone is 4. The van der Waals surface area contributed by atoms with Crippen molar-refractivity contribution in [3.05, 3.63) is 66.9 Å². The first-order valence-electron chi connectivity index (χ1n) is 6.10. The molecule has 2 nitrogen and oxygen atoms in total. The molecule has 2 heteroatoms. The largest absolute Gasteiger partial charge is 0.319 e. The Balaban J connectivity index is 2.11. The Labute approximate surface area is 107 Å². The van der Waals surface area contributed by atoms with Gasteiger partial charge in [-0.15, -0.1) is 0 Å². The number of rotatable bonds is 1. The van der Waals surface area contributed by atoms with E-state index in [0.717, 1.165) is 5.70 Å². The molecule has 0 radical (unpaired) electrons. The molecule has 2 N–H and O–H groups in total. The molecule has 0 saturated heterocycles. The van der Waals surface area contributed by atoms with Crippen LogP contribution in [0.3, 0.4) is 0 Å². The maximum atomic E-state index is 6.09. The lowest BCUT2D eigenvalue weighted by Crippen LogP contribution is -2.30. The lowest BCUT2D eigenvalue weighted by Gasteiger charge is -2.13. The van der Waals surface area contributed by atoms with Crippen molar-refractivity contribution in [1.29, 1.82) is 0 Å². The van der Waals surface area contributed by atoms with Gasteiger partial charge in [0, 0.05) is 11.9 Å². The fourth-order valence-electron chi connectivity index (χ4n) is 2.20. The van der Waals surface area contributed by atoms with Crippen LogP contribution in [0.4, 0.5) is 0 Å². The minimum atomic E-state index is -0.374. The summed E-state index contributed by atoms with van der Waals surface area (Å²) < 4.78 is 2.18. The van der Waals surface area contributed by atoms with Gasteiger partial charge in [0.15, 0.2) is 0 Å². The van der Waals surface area contributed by atoms with E-state index in [-0.39, 0.29) is 5.54 Å². The Kier molecular flexibility index (Phi) is 2.46. The first-order valence-corrected chi connectivity index (χ1v) is 6.10. The van der Waals surface area contributed by atoms with Crippen LogP contribution in [0.2, 0.25) is 0 Å². The van der Waals surface area contributed by atoms with Gasteiger partial charge in [0.2, 0.25) is 0 Å². The predicted molar refractivity (Wildman–Crippen MR) is 77.1 cm³/mol. The Hall–Kier alpha value is -2.06. The van der Waals surface area contributed by atoms with Crippen molar-refractivity contribution in [2.24, 2.45) is 5.73 Å². The lowest BCUT2D eigenvalue weighted by atomic mass is 10.0. The van der Waals surface area contributed by atoms with E-state index >= 15 is 0 Å². The molecule has 0 amide bonds. The zero-order valence-electron chi connectivity index (χ0n) is 10.4. The van der Waals surface area contributed by atoms with Gasteiger partial charge >= 0.3 is 0 Å². The number of nitrogens with zero attached hydrogens (tertiary/aromatic N) is 1. The van der Waals surface area contributed by atoms with Crippen LogP contribution in [0.1, 0.15) is 6.92 Å². The summed E-state index contributed by atoms with van der Waals surface area (Å²) in [5, 5.41) is 1.25. The Morgan fingerprint density at radius 3 is 2.83 bits per heavy atom. The zero-order chi connectivity index (χ0) is 12.6. The number of hydrogen-bond donors (Lipinski definition) is 1. The van der Waals surface area contributed by atoms with Crippen molar-refractivity contribution < 1.29 is 0 Å². The second-order valence-corrected chi connectivity index (χ2v) is 4.89. The Morgan fingerprint density at radius 2 is 1.94 bits per heavy atom. The molecule has 1 unspecified atom stereocenters. The average Bonchev–Trinajstić information content (AvgIpc) is 2.69. The minimum absolute atomic E-state index is 0.374. The van der Waals surface area contributed by atoms with Crippen molar-refractivity contribution in [2.75, 3.05) is 0 Å². The molecular formula is C16H16N2. The van der Waals surface area contributed by atoms with Crippen molar-refractivity contribution in [3.8, 4) is 0 Å². The first kappa shape index (κ1) is 11.1. The summed E-state index contributed by atoms with van der Waals surface area (Å²) in [4.78, 5) is 0. The van der Waals surface area contributed by atoms with Crippen LogP contribution >= 0.6 is 0 Å². The summed E-state index contributed by atoms with van der Waals surface area (Å²) in [6.45, 7) is 1.99. The van der Waals surface area contributed by atoms with Crippen molar-refractivity contribution in [3.63, 3.8) is 0 Å². The number of fused-ring (bicyclic) bond motifs is 1. The van der Waals surface area contributed by atoms with E-state index < -0.39 is 0 Å². The van der Waals surface area contributed by atoms with Gasteiger partial charge < -0.3 is 10.3 Å². The molecular weight excluding hydrogens is 220 g/mol. The van der Waals surface area contributed by atoms with Crippen molar-refractivity contribution in [1.82, 2.24) is 4.57 Å². The molecule has 0 bridgehead atoms. The fraction of sp³-hybridized carbons (Fsp3) is 0.125. The Morgan fingerprint density at radius 1 is 1.11 bits per heavy atom. The molecule has 0 spiro atoms. The topological polar surface area (TPSA) is 30.9 Å². The number of aromatic nitrogens is 1. The first-order chi connectivity index (χ1) is 8.66. The normalized spacial score (nSPS) is 23.1. The highest BCUT2D eigenvalue weighted by Crippen LogP contribution is 2.22. The van der Waals surface area contributed by atoms with Crippen LogP contribution in [0.15, 0.2) is 66.9 Å². The van der Waals surface area contributed by atoms with Crippen LogP contribution in [0.5, 0.6) is 0 Å². The molecule has 90 valence electrons. The zero-order valence-corrected chi connectivity index (χ0v) is 10.4. The summed E-state index contributed by atoms with van der Waals surface area (Å²) in [7, 11) is 0. The highest BCUT2D eigenvalue weighted by molar-refractivity contribution is 5.85. The van der Waals surface area contributed by atoms with Gasteiger partial charge in [-0.2, -0.15) is 0 Å². The lowest BCUT2D eigenvalue weighted by molar-refractivity contribution is 0.736. The van der Waals surface area contributed by atoms with Gasteiger partial charge in [0.1, 0.15) is 0 Å². The molecule has 0 saturated carbocycles. The van der Waals surface area contributed by atoms with E-state index in [9.17, 15) is 0 Å². The molecule has 0 aliphatic heterocycles. The maximum Gasteiger partial charge on any atom is 0.0528 e. The van der Waals surface area contributed by atoms with Crippen LogP contribution < -0.4 is 5.73 Å². The number of hydrogen-bond acceptors (Lipinski definition) is 1. The molecule has 18 heavy (non-hydrogen) atoms. The molecule has 0 fully saturated rings. The molecule has 1 aromatic carbocycles. The quantitative estimate of drug-likeness (QED) is 0.809. The van der Waals surface area contributed by atoms with Gasteiger partial charge in [-0.3, -0.25) is 0 Å². The number of nitrogens with two attached hydrogens (primary N) is 1. The van der Waals surface area contributed by atoms with E-state index in [1.165, 1.54) is 10.9 Å². The van der Waals surface area contributed by atoms with E-state index in [2.05, 4.69) is 53.2 Å². The average molecular weight is 236 g/mol. The monoisotopic (exact) mass is 236 g/mol. The van der Waals surface area contributed by atoms with E-state index in [4.69, 9.17) is 5.73 Å². The summed E-state index contributed by atoms with van der Waals surface area (Å²) in [5.74, 6) is 0. The van der Waals surface area contributed by atoms with Gasteiger partial charge in [0.25, 0.3) is 0 Å². The highest BCUT2D eigenvalue weighted by Gasteiger charge is 2.12. The van der Waals surface area contributed by atoms with Gasteiger partial charge in [-0.05, 0) is 36.6 Å². The molecule has 1 aromatic heterocycles. The third-order valence-electron chi connectivity index (χ3n) is 3.21. The predicted octanol–water partition coefficient (Wildman–Crippen LogP) is 3.33. The van der Waals surface area contributed by atoms with Crippen LogP contribution in [0, 0.1) is 0 Å². The molecule has 1 heterocycles. The standard InChI is InChI=1S/C16H16N2/c1-16(17)10-4-6-14(8-11-16)18-12-9-13-5-2-3-7-15(13)18/h2-12H,17H2,1H3. The van der Waals surface area contributed by atoms with Gasteiger partial charge in [0.05, 0.1) is 11.1 Å². The minimum Gasteiger partial charge on any atom is -0.319 e. The molecule has 3 rings (SSSR count). The summed E-state index contributed by atoms with van der Waals surface area (Å²) in [5.41, 5.74) is 8.05. The number of benzene rings is 1. The summed E-state index contributed by atoms with van der Waals surface area (Å²) >= 11 is 0. The van der Waals surface area contributed by atoms with Crippen LogP contribution in [-0.4, -0.2) is 10.1 Å². The van der Waals surface area contributed by atoms with E-state index in [0.29, 0.717) is 0 Å². The van der Waals surface area contributed by atoms with E-state index in [1.807, 2.05) is 25.2 Å². The summed E-state index contributed by atoms with van der Waals surface area (Å²) in [6.07, 6.45) is 12.3. The SMILES string of the molecule is CC1(N)C=CC=C(n2ccc3ccccc32)C=C1. The third-order valence-corrected chi connectivity index (χ3v) is 3.21. The Bertz CT molecular complexity index is 669. The van der Waals surface area contributed by atoms with Crippen molar-refractivity contribution >= 4 is 16.6 Å². The van der Waals surface area contributed by atoms with Gasteiger partial charge in [-0.1, -0.05) is 36.4 Å². The van der Waals surface area contributed by atoms with E-state index in [1.54, 1.807) is 0 Å². The van der Waals surface area contributed by atoms with Crippen molar-refractivity contribution in [2.45, 2.75) is 12.5 Å². The molecule has 1 atom stereocenters. The summed E-state index contributed by atoms with van der Waals surface area (Å²) in [6, 6.07) is 10.5.